The van der Waals surface area contributed by atoms with Gasteiger partial charge in [0.1, 0.15) is 0 Å². The van der Waals surface area contributed by atoms with Crippen LogP contribution in [0, 0.1) is 13.8 Å². The van der Waals surface area contributed by atoms with E-state index in [0.717, 1.165) is 21.8 Å². The van der Waals surface area contributed by atoms with Gasteiger partial charge in [0, 0.05) is 0 Å². The Bertz CT molecular complexity index is 966. The number of aryl methyl sites for hydroxylation is 2. The van der Waals surface area contributed by atoms with Gasteiger partial charge < -0.3 is 0 Å². The molecule has 0 saturated heterocycles. The van der Waals surface area contributed by atoms with Gasteiger partial charge in [0.2, 0.25) is 0 Å². The Balaban J connectivity index is 2.03. The van der Waals surface area contributed by atoms with Crippen molar-refractivity contribution in [1.82, 2.24) is 0 Å². The Morgan fingerprint density at radius 3 is 2.32 bits per heavy atom. The molecule has 0 radical (unpaired) electrons. The SMILES string of the molecule is CCc1ccc(Sc2cc(C)c([Se]c3ccccc3)c(C)c2C(=O)OC)cc1. The first-order chi connectivity index (χ1) is 13.5. The van der Waals surface area contributed by atoms with Crippen LogP contribution in [-0.4, -0.2) is 28.0 Å². The molecule has 0 aliphatic heterocycles. The summed E-state index contributed by atoms with van der Waals surface area (Å²) in [5, 5.41) is 0. The van der Waals surface area contributed by atoms with Crippen LogP contribution in [0.25, 0.3) is 0 Å². The summed E-state index contributed by atoms with van der Waals surface area (Å²) in [6.07, 6.45) is 1.02. The monoisotopic (exact) mass is 456 g/mol. The standard InChI is InChI=1S/C24H24O2SSe/c1-5-18-11-13-19(14-12-18)27-21-15-16(2)23(17(3)22(21)24(25)26-4)28-20-9-7-6-8-10-20/h6-15H,5H2,1-4H3. The number of ether oxygens (including phenoxy) is 1. The Morgan fingerprint density at radius 2 is 1.71 bits per heavy atom. The van der Waals surface area contributed by atoms with Gasteiger partial charge in [-0.05, 0) is 0 Å². The Hall–Kier alpha value is -2.00. The summed E-state index contributed by atoms with van der Waals surface area (Å²) in [6.45, 7) is 6.33. The number of hydrogen-bond acceptors (Lipinski definition) is 3. The van der Waals surface area contributed by atoms with Crippen LogP contribution < -0.4 is 8.92 Å². The molecule has 0 saturated carbocycles. The van der Waals surface area contributed by atoms with Crippen molar-refractivity contribution in [2.24, 2.45) is 0 Å². The normalized spacial score (nSPS) is 10.7. The average molecular weight is 455 g/mol. The van der Waals surface area contributed by atoms with Crippen LogP contribution in [0.2, 0.25) is 0 Å². The van der Waals surface area contributed by atoms with E-state index < -0.39 is 0 Å². The summed E-state index contributed by atoms with van der Waals surface area (Å²) in [4.78, 5) is 14.7. The molecule has 0 aliphatic rings. The summed E-state index contributed by atoms with van der Waals surface area (Å²) in [6, 6.07) is 21.1. The average Bonchev–Trinajstić information content (AvgIpc) is 2.72. The first-order valence-electron chi connectivity index (χ1n) is 9.25. The molecule has 0 heterocycles. The summed E-state index contributed by atoms with van der Waals surface area (Å²) in [5.41, 5.74) is 4.25. The molecule has 0 fully saturated rings. The van der Waals surface area contributed by atoms with Crippen molar-refractivity contribution in [2.45, 2.75) is 37.0 Å². The molecule has 0 bridgehead atoms. The summed E-state index contributed by atoms with van der Waals surface area (Å²) < 4.78 is 7.68. The van der Waals surface area contributed by atoms with Crippen LogP contribution >= 0.6 is 11.8 Å². The van der Waals surface area contributed by atoms with Crippen LogP contribution in [0.1, 0.15) is 34.0 Å². The van der Waals surface area contributed by atoms with E-state index in [9.17, 15) is 4.79 Å². The van der Waals surface area contributed by atoms with E-state index in [1.165, 1.54) is 27.2 Å². The summed E-state index contributed by atoms with van der Waals surface area (Å²) in [7, 11) is 1.45. The predicted octanol–water partition coefficient (Wildman–Crippen LogP) is 4.46. The maximum absolute atomic E-state index is 12.6. The number of carbonyl (C=O) groups excluding carboxylic acids is 1. The van der Waals surface area contributed by atoms with Crippen LogP contribution in [0.3, 0.4) is 0 Å². The van der Waals surface area contributed by atoms with Gasteiger partial charge in [0.05, 0.1) is 0 Å². The molecule has 0 aliphatic carbocycles. The molecule has 144 valence electrons. The molecule has 2 nitrogen and oxygen atoms in total. The third-order valence-electron chi connectivity index (χ3n) is 4.58. The van der Waals surface area contributed by atoms with Crippen molar-refractivity contribution in [3.05, 3.63) is 82.9 Å². The van der Waals surface area contributed by atoms with E-state index in [4.69, 9.17) is 4.74 Å². The van der Waals surface area contributed by atoms with Crippen molar-refractivity contribution in [3.63, 3.8) is 0 Å². The molecule has 3 rings (SSSR count). The molecule has 0 atom stereocenters. The van der Waals surface area contributed by atoms with Crippen molar-refractivity contribution < 1.29 is 9.53 Å². The van der Waals surface area contributed by atoms with E-state index in [0.29, 0.717) is 5.56 Å². The molecular formula is C24H24O2SSe. The number of esters is 1. The van der Waals surface area contributed by atoms with Gasteiger partial charge in [-0.2, -0.15) is 0 Å². The molecule has 3 aromatic rings. The van der Waals surface area contributed by atoms with Gasteiger partial charge in [-0.1, -0.05) is 0 Å². The second-order valence-corrected chi connectivity index (χ2v) is 9.92. The second-order valence-electron chi connectivity index (χ2n) is 6.53. The summed E-state index contributed by atoms with van der Waals surface area (Å²) >= 11 is 1.77. The van der Waals surface area contributed by atoms with E-state index in [2.05, 4.69) is 68.4 Å². The predicted molar refractivity (Wildman–Crippen MR) is 119 cm³/mol. The fraction of sp³-hybridized carbons (Fsp3) is 0.208. The van der Waals surface area contributed by atoms with Gasteiger partial charge in [-0.15, -0.1) is 0 Å². The van der Waals surface area contributed by atoms with Gasteiger partial charge in [0.15, 0.2) is 0 Å². The topological polar surface area (TPSA) is 26.3 Å². The molecule has 0 unspecified atom stereocenters. The zero-order valence-corrected chi connectivity index (χ0v) is 19.1. The molecular weight excluding hydrogens is 431 g/mol. The molecule has 3 aromatic carbocycles. The number of benzene rings is 3. The third-order valence-corrected chi connectivity index (χ3v) is 8.44. The fourth-order valence-corrected chi connectivity index (χ4v) is 6.26. The zero-order chi connectivity index (χ0) is 20.1. The van der Waals surface area contributed by atoms with Gasteiger partial charge in [0.25, 0.3) is 0 Å². The Morgan fingerprint density at radius 1 is 1.04 bits per heavy atom. The maximum atomic E-state index is 12.6. The van der Waals surface area contributed by atoms with Crippen LogP contribution in [0.15, 0.2) is 70.5 Å². The Labute approximate surface area is 177 Å². The van der Waals surface area contributed by atoms with E-state index in [1.54, 1.807) is 11.8 Å². The second kappa shape index (κ2) is 9.47. The number of carbonyl (C=O) groups is 1. The zero-order valence-electron chi connectivity index (χ0n) is 16.6. The fourth-order valence-electron chi connectivity index (χ4n) is 3.05. The minimum atomic E-state index is -0.268. The van der Waals surface area contributed by atoms with Crippen molar-refractivity contribution in [1.29, 1.82) is 0 Å². The number of rotatable bonds is 6. The molecule has 0 amide bonds. The molecule has 28 heavy (non-hydrogen) atoms. The number of methoxy groups -OCH3 is 1. The molecule has 0 aromatic heterocycles. The first-order valence-corrected chi connectivity index (χ1v) is 11.8. The van der Waals surface area contributed by atoms with Gasteiger partial charge >= 0.3 is 178 Å². The van der Waals surface area contributed by atoms with Crippen molar-refractivity contribution in [3.8, 4) is 0 Å². The van der Waals surface area contributed by atoms with Crippen LogP contribution in [0.4, 0.5) is 0 Å². The van der Waals surface area contributed by atoms with Crippen molar-refractivity contribution in [2.75, 3.05) is 7.11 Å². The van der Waals surface area contributed by atoms with E-state index >= 15 is 0 Å². The van der Waals surface area contributed by atoms with Crippen LogP contribution in [-0.2, 0) is 11.2 Å². The summed E-state index contributed by atoms with van der Waals surface area (Å²) in [5.74, 6) is -0.268. The van der Waals surface area contributed by atoms with E-state index in [1.807, 2.05) is 13.0 Å². The Kier molecular flexibility index (Phi) is 7.01. The van der Waals surface area contributed by atoms with Gasteiger partial charge in [-0.25, -0.2) is 0 Å². The first kappa shape index (κ1) is 20.7. The van der Waals surface area contributed by atoms with Crippen LogP contribution in [0.5, 0.6) is 0 Å². The molecule has 0 spiro atoms. The third kappa shape index (κ3) is 4.70. The molecule has 0 N–H and O–H groups in total. The number of hydrogen-bond donors (Lipinski definition) is 0. The minimum absolute atomic E-state index is 0.143. The molecule has 4 heteroatoms. The van der Waals surface area contributed by atoms with Gasteiger partial charge in [-0.3, -0.25) is 0 Å². The van der Waals surface area contributed by atoms with E-state index in [-0.39, 0.29) is 20.9 Å². The quantitative estimate of drug-likeness (QED) is 0.406. The van der Waals surface area contributed by atoms with Crippen molar-refractivity contribution >= 4 is 41.6 Å².